The zero-order valence-corrected chi connectivity index (χ0v) is 11.4. The van der Waals surface area contributed by atoms with Gasteiger partial charge in [-0.05, 0) is 25.7 Å². The number of rotatable bonds is 3. The summed E-state index contributed by atoms with van der Waals surface area (Å²) in [5.74, 6) is 6.40. The molecule has 0 aromatic carbocycles. The molecule has 2 aliphatic rings. The quantitative estimate of drug-likeness (QED) is 0.344. The van der Waals surface area contributed by atoms with Crippen LogP contribution >= 0.6 is 0 Å². The maximum atomic E-state index is 5.64. The van der Waals surface area contributed by atoms with Gasteiger partial charge in [0, 0.05) is 20.2 Å². The van der Waals surface area contributed by atoms with Gasteiger partial charge in [-0.15, -0.1) is 0 Å². The minimum absolute atomic E-state index is 0.333. The average molecular weight is 254 g/mol. The topological polar surface area (TPSA) is 62.9 Å². The molecule has 0 radical (unpaired) electrons. The fraction of sp³-hybridized carbons (Fsp3) is 0.923. The van der Waals surface area contributed by atoms with Gasteiger partial charge >= 0.3 is 0 Å². The number of guanidine groups is 1. The molecular weight excluding hydrogens is 228 g/mol. The van der Waals surface area contributed by atoms with Gasteiger partial charge in [-0.1, -0.05) is 19.3 Å². The Morgan fingerprint density at radius 3 is 2.67 bits per heavy atom. The minimum atomic E-state index is 0.333. The molecule has 3 N–H and O–H groups in total. The lowest BCUT2D eigenvalue weighted by molar-refractivity contribution is 0.0950. The van der Waals surface area contributed by atoms with E-state index < -0.39 is 0 Å². The summed E-state index contributed by atoms with van der Waals surface area (Å²) in [6.45, 7) is 1.76. The Balaban J connectivity index is 1.86. The van der Waals surface area contributed by atoms with Crippen LogP contribution in [-0.2, 0) is 4.74 Å². The first kappa shape index (κ1) is 13.6. The van der Waals surface area contributed by atoms with Crippen LogP contribution in [-0.4, -0.2) is 43.2 Å². The molecule has 1 heterocycles. The van der Waals surface area contributed by atoms with Crippen LogP contribution in [0.3, 0.4) is 0 Å². The molecule has 5 nitrogen and oxygen atoms in total. The first-order valence-electron chi connectivity index (χ1n) is 7.16. The largest absolute Gasteiger partial charge is 0.376 e. The lowest BCUT2D eigenvalue weighted by atomic mass is 9.96. The molecule has 0 spiro atoms. The van der Waals surface area contributed by atoms with E-state index >= 15 is 0 Å². The predicted molar refractivity (Wildman–Crippen MR) is 73.2 cm³/mol. The Bertz CT molecular complexity index is 270. The molecule has 2 rings (SSSR count). The van der Waals surface area contributed by atoms with Crippen molar-refractivity contribution in [3.63, 3.8) is 0 Å². The second-order valence-corrected chi connectivity index (χ2v) is 5.40. The van der Waals surface area contributed by atoms with Crippen molar-refractivity contribution < 1.29 is 4.74 Å². The van der Waals surface area contributed by atoms with Crippen LogP contribution < -0.4 is 11.3 Å². The van der Waals surface area contributed by atoms with Gasteiger partial charge in [-0.3, -0.25) is 5.43 Å². The second kappa shape index (κ2) is 6.95. The number of hydrogen-bond donors (Lipinski definition) is 2. The summed E-state index contributed by atoms with van der Waals surface area (Å²) in [4.78, 5) is 6.83. The summed E-state index contributed by atoms with van der Waals surface area (Å²) in [6, 6.07) is 0.441. The number of nitrogens with two attached hydrogens (primary N) is 1. The van der Waals surface area contributed by atoms with E-state index in [1.807, 2.05) is 7.05 Å². The highest BCUT2D eigenvalue weighted by Crippen LogP contribution is 2.20. The molecule has 1 unspecified atom stereocenters. The first-order chi connectivity index (χ1) is 8.79. The summed E-state index contributed by atoms with van der Waals surface area (Å²) >= 11 is 0. The molecule has 18 heavy (non-hydrogen) atoms. The number of nitrogens with zero attached hydrogens (tertiary/aromatic N) is 2. The van der Waals surface area contributed by atoms with Crippen molar-refractivity contribution in [1.29, 1.82) is 0 Å². The average Bonchev–Trinajstić information content (AvgIpc) is 2.90. The zero-order valence-electron chi connectivity index (χ0n) is 11.4. The first-order valence-corrected chi connectivity index (χ1v) is 7.16. The molecule has 5 heteroatoms. The molecule has 0 amide bonds. The number of hydrazine groups is 1. The van der Waals surface area contributed by atoms with Gasteiger partial charge < -0.3 is 9.64 Å². The molecule has 1 saturated heterocycles. The van der Waals surface area contributed by atoms with Crippen LogP contribution in [0.15, 0.2) is 4.99 Å². The van der Waals surface area contributed by atoms with E-state index in [0.717, 1.165) is 25.5 Å². The summed E-state index contributed by atoms with van der Waals surface area (Å²) in [6.07, 6.45) is 8.97. The molecule has 1 aliphatic heterocycles. The third kappa shape index (κ3) is 3.85. The van der Waals surface area contributed by atoms with Crippen molar-refractivity contribution in [3.8, 4) is 0 Å². The van der Waals surface area contributed by atoms with Gasteiger partial charge in [0.05, 0.1) is 12.1 Å². The Hall–Kier alpha value is -0.810. The van der Waals surface area contributed by atoms with Crippen molar-refractivity contribution >= 4 is 5.96 Å². The summed E-state index contributed by atoms with van der Waals surface area (Å²) in [7, 11) is 2.03. The number of hydrogen-bond acceptors (Lipinski definition) is 3. The fourth-order valence-electron chi connectivity index (χ4n) is 2.81. The van der Waals surface area contributed by atoms with Gasteiger partial charge in [-0.2, -0.15) is 0 Å². The molecule has 1 atom stereocenters. The monoisotopic (exact) mass is 254 g/mol. The van der Waals surface area contributed by atoms with Crippen LogP contribution in [0.4, 0.5) is 0 Å². The van der Waals surface area contributed by atoms with E-state index in [4.69, 9.17) is 15.6 Å². The van der Waals surface area contributed by atoms with Gasteiger partial charge in [-0.25, -0.2) is 10.8 Å². The molecule has 0 bridgehead atoms. The highest BCUT2D eigenvalue weighted by atomic mass is 16.5. The number of likely N-dealkylation sites (N-methyl/N-ethyl adjacent to an activating group) is 1. The van der Waals surface area contributed by atoms with Crippen molar-refractivity contribution in [1.82, 2.24) is 10.3 Å². The molecule has 0 aromatic rings. The van der Waals surface area contributed by atoms with Crippen LogP contribution in [0.5, 0.6) is 0 Å². The molecular formula is C13H26N4O. The predicted octanol–water partition coefficient (Wildman–Crippen LogP) is 1.25. The minimum Gasteiger partial charge on any atom is -0.376 e. The van der Waals surface area contributed by atoms with Crippen LogP contribution in [0.2, 0.25) is 0 Å². The summed E-state index contributed by atoms with van der Waals surface area (Å²) in [5, 5.41) is 0. The van der Waals surface area contributed by atoms with E-state index in [0.29, 0.717) is 12.1 Å². The van der Waals surface area contributed by atoms with E-state index in [1.165, 1.54) is 38.5 Å². The van der Waals surface area contributed by atoms with E-state index in [-0.39, 0.29) is 0 Å². The van der Waals surface area contributed by atoms with Gasteiger partial charge in [0.2, 0.25) is 5.96 Å². The second-order valence-electron chi connectivity index (χ2n) is 5.40. The number of nitrogens with one attached hydrogen (secondary N) is 1. The zero-order chi connectivity index (χ0) is 12.8. The highest BCUT2D eigenvalue weighted by molar-refractivity contribution is 5.79. The maximum Gasteiger partial charge on any atom is 0.208 e. The number of ether oxygens (including phenoxy) is 1. The third-order valence-corrected chi connectivity index (χ3v) is 3.87. The van der Waals surface area contributed by atoms with Crippen molar-refractivity contribution in [2.24, 2.45) is 10.8 Å². The van der Waals surface area contributed by atoms with Gasteiger partial charge in [0.1, 0.15) is 0 Å². The highest BCUT2D eigenvalue weighted by Gasteiger charge is 2.20. The molecule has 1 saturated carbocycles. The van der Waals surface area contributed by atoms with Crippen molar-refractivity contribution in [3.05, 3.63) is 0 Å². The Morgan fingerprint density at radius 1 is 1.28 bits per heavy atom. The van der Waals surface area contributed by atoms with Crippen molar-refractivity contribution in [2.45, 2.75) is 57.1 Å². The third-order valence-electron chi connectivity index (χ3n) is 3.87. The Kier molecular flexibility index (Phi) is 5.26. The smallest absolute Gasteiger partial charge is 0.208 e. The summed E-state index contributed by atoms with van der Waals surface area (Å²) < 4.78 is 5.64. The van der Waals surface area contributed by atoms with Crippen LogP contribution in [0.1, 0.15) is 44.9 Å². The molecule has 0 aromatic heterocycles. The van der Waals surface area contributed by atoms with Crippen LogP contribution in [0.25, 0.3) is 0 Å². The standard InChI is InChI=1S/C13H26N4O/c1-17(10-12-8-5-9-18-12)13(16-14)15-11-6-3-2-4-7-11/h11-12H,2-10,14H2,1H3,(H,15,16). The van der Waals surface area contributed by atoms with Crippen molar-refractivity contribution in [2.75, 3.05) is 20.2 Å². The summed E-state index contributed by atoms with van der Waals surface area (Å²) in [5.41, 5.74) is 2.74. The van der Waals surface area contributed by atoms with Gasteiger partial charge in [0.25, 0.3) is 0 Å². The molecule has 104 valence electrons. The van der Waals surface area contributed by atoms with Crippen LogP contribution in [0, 0.1) is 0 Å². The Morgan fingerprint density at radius 2 is 2.06 bits per heavy atom. The fourth-order valence-corrected chi connectivity index (χ4v) is 2.81. The molecule has 1 aliphatic carbocycles. The Labute approximate surface area is 110 Å². The van der Waals surface area contributed by atoms with Gasteiger partial charge in [0.15, 0.2) is 0 Å². The van der Waals surface area contributed by atoms with E-state index in [2.05, 4.69) is 10.3 Å². The molecule has 2 fully saturated rings. The lowest BCUT2D eigenvalue weighted by Crippen LogP contribution is -2.46. The van der Waals surface area contributed by atoms with E-state index in [9.17, 15) is 0 Å². The SMILES string of the molecule is CN(CC1CCCO1)C(=NC1CCCCC1)NN. The number of aliphatic imine (C=N–C) groups is 1. The lowest BCUT2D eigenvalue weighted by Gasteiger charge is -2.26. The maximum absolute atomic E-state index is 5.64. The van der Waals surface area contributed by atoms with E-state index in [1.54, 1.807) is 0 Å². The normalized spacial score (nSPS) is 26.3.